The zero-order valence-corrected chi connectivity index (χ0v) is 13.9. The Balaban J connectivity index is 2.24. The number of halogens is 4. The average Bonchev–Trinajstić information content (AvgIpc) is 2.89. The SMILES string of the molecule is Cc1c(-c2ccc(F)nc2)sc2c1c(=O)[nH]c(=O)n2C[C@@H](O)C(F)(F)F. The highest BCUT2D eigenvalue weighted by Crippen LogP contribution is 2.36. The van der Waals surface area contributed by atoms with E-state index in [2.05, 4.69) is 4.98 Å². The van der Waals surface area contributed by atoms with Gasteiger partial charge >= 0.3 is 11.9 Å². The van der Waals surface area contributed by atoms with E-state index in [1.54, 1.807) is 6.92 Å². The van der Waals surface area contributed by atoms with Crippen LogP contribution in [0.1, 0.15) is 5.56 Å². The number of H-pyrrole nitrogens is 1. The number of aliphatic hydroxyl groups excluding tert-OH is 1. The van der Waals surface area contributed by atoms with E-state index in [1.807, 2.05) is 4.98 Å². The monoisotopic (exact) mass is 389 g/mol. The van der Waals surface area contributed by atoms with Crippen molar-refractivity contribution in [2.45, 2.75) is 25.7 Å². The summed E-state index contributed by atoms with van der Waals surface area (Å²) in [6, 6.07) is 2.51. The van der Waals surface area contributed by atoms with Crippen molar-refractivity contribution in [2.24, 2.45) is 0 Å². The molecule has 138 valence electrons. The van der Waals surface area contributed by atoms with Crippen molar-refractivity contribution in [1.82, 2.24) is 14.5 Å². The van der Waals surface area contributed by atoms with Crippen molar-refractivity contribution in [3.63, 3.8) is 0 Å². The quantitative estimate of drug-likeness (QED) is 0.531. The first-order valence-corrected chi connectivity index (χ1v) is 8.04. The maximum absolute atomic E-state index is 13.0. The van der Waals surface area contributed by atoms with E-state index in [0.717, 1.165) is 17.4 Å². The highest BCUT2D eigenvalue weighted by Gasteiger charge is 2.39. The molecule has 0 bridgehead atoms. The van der Waals surface area contributed by atoms with Crippen LogP contribution in [0.3, 0.4) is 0 Å². The molecule has 3 rings (SSSR count). The van der Waals surface area contributed by atoms with Gasteiger partial charge in [0.25, 0.3) is 5.56 Å². The van der Waals surface area contributed by atoms with E-state index in [0.29, 0.717) is 20.6 Å². The number of rotatable bonds is 3. The molecule has 0 aliphatic heterocycles. The molecule has 11 heteroatoms. The van der Waals surface area contributed by atoms with Gasteiger partial charge in [-0.15, -0.1) is 11.3 Å². The fourth-order valence-electron chi connectivity index (χ4n) is 2.50. The zero-order chi connectivity index (χ0) is 19.2. The summed E-state index contributed by atoms with van der Waals surface area (Å²) < 4.78 is 51.6. The van der Waals surface area contributed by atoms with Crippen molar-refractivity contribution in [1.29, 1.82) is 0 Å². The smallest absolute Gasteiger partial charge is 0.382 e. The number of thiophene rings is 1. The summed E-state index contributed by atoms with van der Waals surface area (Å²) in [4.78, 5) is 30.0. The molecule has 0 saturated heterocycles. The lowest BCUT2D eigenvalue weighted by atomic mass is 10.1. The van der Waals surface area contributed by atoms with Crippen molar-refractivity contribution < 1.29 is 22.7 Å². The van der Waals surface area contributed by atoms with Gasteiger partial charge in [-0.2, -0.15) is 17.6 Å². The van der Waals surface area contributed by atoms with E-state index >= 15 is 0 Å². The number of fused-ring (bicyclic) bond motifs is 1. The van der Waals surface area contributed by atoms with Crippen molar-refractivity contribution in [3.8, 4) is 10.4 Å². The fraction of sp³-hybridized carbons (Fsp3) is 0.267. The van der Waals surface area contributed by atoms with Crippen LogP contribution in [0.25, 0.3) is 20.7 Å². The Hall–Kier alpha value is -2.53. The summed E-state index contributed by atoms with van der Waals surface area (Å²) in [6.45, 7) is 0.498. The summed E-state index contributed by atoms with van der Waals surface area (Å²) in [6.07, 6.45) is -6.47. The third kappa shape index (κ3) is 3.15. The maximum Gasteiger partial charge on any atom is 0.416 e. The Labute approximate surface area is 146 Å². The topological polar surface area (TPSA) is 88.0 Å². The molecule has 6 nitrogen and oxygen atoms in total. The van der Waals surface area contributed by atoms with E-state index in [-0.39, 0.29) is 10.2 Å². The molecule has 0 fully saturated rings. The lowest BCUT2D eigenvalue weighted by Crippen LogP contribution is -2.38. The normalized spacial score (nSPS) is 13.3. The molecule has 3 heterocycles. The van der Waals surface area contributed by atoms with Crippen molar-refractivity contribution in [2.75, 3.05) is 0 Å². The number of aryl methyl sites for hydroxylation is 1. The number of aromatic nitrogens is 3. The number of hydrogen-bond acceptors (Lipinski definition) is 5. The first kappa shape index (κ1) is 18.3. The third-order valence-electron chi connectivity index (χ3n) is 3.79. The lowest BCUT2D eigenvalue weighted by Gasteiger charge is -2.15. The van der Waals surface area contributed by atoms with Gasteiger partial charge in [0.1, 0.15) is 4.83 Å². The predicted octanol–water partition coefficient (Wildman–Crippen LogP) is 2.18. The van der Waals surface area contributed by atoms with E-state index < -0.39 is 36.0 Å². The van der Waals surface area contributed by atoms with Gasteiger partial charge in [-0.1, -0.05) is 0 Å². The van der Waals surface area contributed by atoms with Gasteiger partial charge < -0.3 is 5.11 Å². The van der Waals surface area contributed by atoms with Gasteiger partial charge in [-0.05, 0) is 24.6 Å². The molecule has 0 aliphatic carbocycles. The minimum atomic E-state index is -4.92. The second-order valence-corrected chi connectivity index (χ2v) is 6.53. The number of pyridine rings is 1. The van der Waals surface area contributed by atoms with Crippen LogP contribution >= 0.6 is 11.3 Å². The molecule has 0 aliphatic rings. The van der Waals surface area contributed by atoms with Crippen LogP contribution in [0.2, 0.25) is 0 Å². The summed E-state index contributed by atoms with van der Waals surface area (Å²) in [5, 5.41) is 9.32. The first-order valence-electron chi connectivity index (χ1n) is 7.22. The van der Waals surface area contributed by atoms with Gasteiger partial charge in [0.15, 0.2) is 6.10 Å². The van der Waals surface area contributed by atoms with Crippen molar-refractivity contribution in [3.05, 3.63) is 50.7 Å². The van der Waals surface area contributed by atoms with Crippen LogP contribution in [0.15, 0.2) is 27.9 Å². The molecule has 0 aromatic carbocycles. The Morgan fingerprint density at radius 2 is 2.04 bits per heavy atom. The lowest BCUT2D eigenvalue weighted by molar-refractivity contribution is -0.207. The zero-order valence-electron chi connectivity index (χ0n) is 13.1. The molecule has 1 atom stereocenters. The molecule has 3 aromatic rings. The van der Waals surface area contributed by atoms with Gasteiger partial charge in [0, 0.05) is 16.6 Å². The first-order chi connectivity index (χ1) is 12.1. The molecular formula is C15H11F4N3O3S. The van der Waals surface area contributed by atoms with Crippen LogP contribution in [0, 0.1) is 12.9 Å². The maximum atomic E-state index is 13.0. The van der Waals surface area contributed by atoms with E-state index in [1.165, 1.54) is 12.3 Å². The fourth-order valence-corrected chi connectivity index (χ4v) is 3.81. The van der Waals surface area contributed by atoms with Gasteiger partial charge in [-0.25, -0.2) is 9.78 Å². The number of nitrogens with one attached hydrogen (secondary N) is 1. The Morgan fingerprint density at radius 1 is 1.35 bits per heavy atom. The van der Waals surface area contributed by atoms with Gasteiger partial charge in [0.05, 0.1) is 11.9 Å². The predicted molar refractivity (Wildman–Crippen MR) is 86.7 cm³/mol. The molecule has 2 N–H and O–H groups in total. The molecule has 0 spiro atoms. The van der Waals surface area contributed by atoms with Crippen LogP contribution in [0.5, 0.6) is 0 Å². The van der Waals surface area contributed by atoms with E-state index in [4.69, 9.17) is 0 Å². The summed E-state index contributed by atoms with van der Waals surface area (Å²) >= 11 is 0.892. The second-order valence-electron chi connectivity index (χ2n) is 5.53. The summed E-state index contributed by atoms with van der Waals surface area (Å²) in [7, 11) is 0. The van der Waals surface area contributed by atoms with E-state index in [9.17, 15) is 32.3 Å². The molecular weight excluding hydrogens is 378 g/mol. The van der Waals surface area contributed by atoms with Gasteiger partial charge in [0.2, 0.25) is 5.95 Å². The summed E-state index contributed by atoms with van der Waals surface area (Å²) in [5.41, 5.74) is -0.955. The third-order valence-corrected chi connectivity index (χ3v) is 5.15. The number of aliphatic hydroxyl groups is 1. The van der Waals surface area contributed by atoms with Crippen LogP contribution in [0.4, 0.5) is 17.6 Å². The molecule has 0 unspecified atom stereocenters. The Bertz CT molecular complexity index is 1080. The number of aromatic amines is 1. The molecule has 0 radical (unpaired) electrons. The minimum absolute atomic E-state index is 0.0149. The minimum Gasteiger partial charge on any atom is -0.382 e. The molecule has 3 aromatic heterocycles. The van der Waals surface area contributed by atoms with Crippen LogP contribution in [-0.2, 0) is 6.54 Å². The molecule has 0 saturated carbocycles. The molecule has 26 heavy (non-hydrogen) atoms. The number of hydrogen-bond donors (Lipinski definition) is 2. The largest absolute Gasteiger partial charge is 0.416 e. The Kier molecular flexibility index (Phi) is 4.44. The average molecular weight is 389 g/mol. The second kappa shape index (κ2) is 6.32. The standard InChI is InChI=1S/C15H11F4N3O3S/c1-6-10-12(24)21-14(25)22(5-8(23)15(17,18)19)13(10)26-11(6)7-2-3-9(16)20-4-7/h2-4,8,23H,5H2,1H3,(H,21,24,25)/t8-/m1/s1. The number of nitrogens with zero attached hydrogens (tertiary/aromatic N) is 2. The van der Waals surface area contributed by atoms with Crippen molar-refractivity contribution >= 4 is 21.6 Å². The summed E-state index contributed by atoms with van der Waals surface area (Å²) in [5.74, 6) is -0.712. The molecule has 0 amide bonds. The highest BCUT2D eigenvalue weighted by atomic mass is 32.1. The Morgan fingerprint density at radius 3 is 2.62 bits per heavy atom. The van der Waals surface area contributed by atoms with Gasteiger partial charge in [-0.3, -0.25) is 14.3 Å². The highest BCUT2D eigenvalue weighted by molar-refractivity contribution is 7.22. The van der Waals surface area contributed by atoms with Crippen LogP contribution < -0.4 is 11.2 Å². The number of alkyl halides is 3. The van der Waals surface area contributed by atoms with Crippen LogP contribution in [-0.4, -0.2) is 31.9 Å².